The monoisotopic (exact) mass is 366 g/mol. The van der Waals surface area contributed by atoms with Crippen LogP contribution in [-0.4, -0.2) is 58.8 Å². The number of piperazine rings is 1. The summed E-state index contributed by atoms with van der Waals surface area (Å²) >= 11 is 6.08. The van der Waals surface area contributed by atoms with Gasteiger partial charge in [0, 0.05) is 51.1 Å². The first-order valence-corrected chi connectivity index (χ1v) is 8.42. The van der Waals surface area contributed by atoms with E-state index in [9.17, 15) is 9.18 Å². The van der Waals surface area contributed by atoms with Crippen LogP contribution in [0.25, 0.3) is 0 Å². The topological polar surface area (TPSA) is 50.6 Å². The van der Waals surface area contributed by atoms with E-state index in [0.29, 0.717) is 37.1 Å². The Balaban J connectivity index is 1.55. The molecule has 0 unspecified atom stereocenters. The van der Waals surface area contributed by atoms with E-state index < -0.39 is 0 Å². The van der Waals surface area contributed by atoms with Crippen LogP contribution in [0, 0.1) is 5.82 Å². The molecule has 1 aliphatic heterocycles. The number of rotatable bonds is 5. The van der Waals surface area contributed by atoms with E-state index in [2.05, 4.69) is 10.00 Å². The second kappa shape index (κ2) is 7.95. The minimum atomic E-state index is -0.336. The first-order chi connectivity index (χ1) is 12.1. The molecule has 0 bridgehead atoms. The Morgan fingerprint density at radius 2 is 2.04 bits per heavy atom. The molecule has 1 aliphatic rings. The molecule has 6 nitrogen and oxygen atoms in total. The van der Waals surface area contributed by atoms with Crippen LogP contribution in [-0.2, 0) is 18.0 Å². The number of halogens is 2. The fourth-order valence-corrected chi connectivity index (χ4v) is 3.07. The van der Waals surface area contributed by atoms with E-state index >= 15 is 0 Å². The highest BCUT2D eigenvalue weighted by Crippen LogP contribution is 2.20. The Hall–Kier alpha value is -1.96. The van der Waals surface area contributed by atoms with Gasteiger partial charge in [-0.25, -0.2) is 9.07 Å². The van der Waals surface area contributed by atoms with E-state index in [1.165, 1.54) is 12.1 Å². The van der Waals surface area contributed by atoms with Crippen LogP contribution in [0.1, 0.15) is 16.1 Å². The first kappa shape index (κ1) is 17.8. The molecule has 3 rings (SSSR count). The highest BCUT2D eigenvalue weighted by molar-refractivity contribution is 6.31. The zero-order valence-electron chi connectivity index (χ0n) is 14.0. The summed E-state index contributed by atoms with van der Waals surface area (Å²) < 4.78 is 19.7. The third-order valence-corrected chi connectivity index (χ3v) is 4.54. The van der Waals surface area contributed by atoms with Crippen LogP contribution in [0.15, 0.2) is 30.5 Å². The van der Waals surface area contributed by atoms with Crippen molar-refractivity contribution in [2.75, 3.05) is 33.3 Å². The average Bonchev–Trinajstić information content (AvgIpc) is 3.06. The lowest BCUT2D eigenvalue weighted by Gasteiger charge is -2.34. The van der Waals surface area contributed by atoms with Crippen molar-refractivity contribution in [1.82, 2.24) is 19.6 Å². The van der Waals surface area contributed by atoms with Crippen molar-refractivity contribution in [2.24, 2.45) is 0 Å². The van der Waals surface area contributed by atoms with E-state index in [0.717, 1.165) is 18.7 Å². The van der Waals surface area contributed by atoms with Crippen LogP contribution >= 0.6 is 11.6 Å². The number of hydrogen-bond acceptors (Lipinski definition) is 4. The van der Waals surface area contributed by atoms with Crippen molar-refractivity contribution in [2.45, 2.75) is 13.3 Å². The van der Waals surface area contributed by atoms with Gasteiger partial charge in [-0.3, -0.25) is 9.69 Å². The van der Waals surface area contributed by atoms with Gasteiger partial charge in [0.05, 0.1) is 0 Å². The van der Waals surface area contributed by atoms with E-state index in [-0.39, 0.29) is 11.7 Å². The number of hydrogen-bond donors (Lipinski definition) is 0. The fourth-order valence-electron chi connectivity index (χ4n) is 2.84. The molecule has 1 aromatic heterocycles. The van der Waals surface area contributed by atoms with Crippen molar-refractivity contribution < 1.29 is 13.9 Å². The van der Waals surface area contributed by atoms with Gasteiger partial charge in [0.2, 0.25) is 0 Å². The molecule has 0 atom stereocenters. The second-order valence-electron chi connectivity index (χ2n) is 5.96. The highest BCUT2D eigenvalue weighted by Gasteiger charge is 2.24. The SMILES string of the molecule is COCn1ccc(C(=O)N2CCN(Cc3ccc(F)cc3Cl)CC2)n1. The van der Waals surface area contributed by atoms with Crippen LogP contribution < -0.4 is 0 Å². The fraction of sp³-hybridized carbons (Fsp3) is 0.412. The standard InChI is InChI=1S/C17H20ClFN4O2/c1-25-12-23-5-4-16(20-23)17(24)22-8-6-21(7-9-22)11-13-2-3-14(19)10-15(13)18/h2-5,10H,6-9,11-12H2,1H3. The Morgan fingerprint density at radius 1 is 1.28 bits per heavy atom. The zero-order valence-corrected chi connectivity index (χ0v) is 14.7. The molecule has 2 aromatic rings. The van der Waals surface area contributed by atoms with Crippen molar-refractivity contribution in [3.05, 3.63) is 52.6 Å². The van der Waals surface area contributed by atoms with Crippen molar-refractivity contribution in [1.29, 1.82) is 0 Å². The summed E-state index contributed by atoms with van der Waals surface area (Å²) in [5.41, 5.74) is 1.31. The van der Waals surface area contributed by atoms with Gasteiger partial charge < -0.3 is 9.64 Å². The molecule has 134 valence electrons. The number of nitrogens with zero attached hydrogens (tertiary/aromatic N) is 4. The molecule has 2 heterocycles. The lowest BCUT2D eigenvalue weighted by molar-refractivity contribution is 0.0618. The highest BCUT2D eigenvalue weighted by atomic mass is 35.5. The molecule has 25 heavy (non-hydrogen) atoms. The number of ether oxygens (including phenoxy) is 1. The molecule has 1 fully saturated rings. The summed E-state index contributed by atoms with van der Waals surface area (Å²) in [6.07, 6.45) is 1.73. The molecule has 1 saturated heterocycles. The van der Waals surface area contributed by atoms with Gasteiger partial charge in [0.1, 0.15) is 18.2 Å². The van der Waals surface area contributed by atoms with Crippen molar-refractivity contribution in [3.63, 3.8) is 0 Å². The van der Waals surface area contributed by atoms with Crippen LogP contribution in [0.5, 0.6) is 0 Å². The number of carbonyl (C=O) groups excluding carboxylic acids is 1. The second-order valence-corrected chi connectivity index (χ2v) is 6.37. The molecule has 1 aromatic carbocycles. The van der Waals surface area contributed by atoms with Gasteiger partial charge in [-0.15, -0.1) is 0 Å². The molecule has 0 radical (unpaired) electrons. The van der Waals surface area contributed by atoms with Gasteiger partial charge in [-0.05, 0) is 23.8 Å². The Morgan fingerprint density at radius 3 is 2.72 bits per heavy atom. The summed E-state index contributed by atoms with van der Waals surface area (Å²) in [5, 5.41) is 4.65. The Labute approximate surface area is 150 Å². The number of carbonyl (C=O) groups is 1. The van der Waals surface area contributed by atoms with E-state index in [4.69, 9.17) is 16.3 Å². The molecule has 0 spiro atoms. The maximum absolute atomic E-state index is 13.1. The van der Waals surface area contributed by atoms with Crippen molar-refractivity contribution in [3.8, 4) is 0 Å². The predicted molar refractivity (Wildman–Crippen MR) is 91.8 cm³/mol. The first-order valence-electron chi connectivity index (χ1n) is 8.05. The predicted octanol–water partition coefficient (Wildman–Crippen LogP) is 2.24. The summed E-state index contributed by atoms with van der Waals surface area (Å²) in [6.45, 7) is 3.67. The number of amides is 1. The zero-order chi connectivity index (χ0) is 17.8. The lowest BCUT2D eigenvalue weighted by Crippen LogP contribution is -2.48. The lowest BCUT2D eigenvalue weighted by atomic mass is 10.2. The van der Waals surface area contributed by atoms with E-state index in [1.54, 1.807) is 35.0 Å². The summed E-state index contributed by atoms with van der Waals surface area (Å²) in [7, 11) is 1.58. The number of aromatic nitrogens is 2. The minimum Gasteiger partial charge on any atom is -0.362 e. The largest absolute Gasteiger partial charge is 0.362 e. The van der Waals surface area contributed by atoms with Gasteiger partial charge in [-0.1, -0.05) is 17.7 Å². The third-order valence-electron chi connectivity index (χ3n) is 4.19. The van der Waals surface area contributed by atoms with Crippen LogP contribution in [0.2, 0.25) is 5.02 Å². The minimum absolute atomic E-state index is 0.0747. The average molecular weight is 367 g/mol. The summed E-state index contributed by atoms with van der Waals surface area (Å²) in [4.78, 5) is 16.5. The number of methoxy groups -OCH3 is 1. The molecule has 8 heteroatoms. The van der Waals surface area contributed by atoms with Gasteiger partial charge >= 0.3 is 0 Å². The maximum Gasteiger partial charge on any atom is 0.274 e. The summed E-state index contributed by atoms with van der Waals surface area (Å²) in [6, 6.07) is 6.15. The third kappa shape index (κ3) is 4.36. The molecule has 0 N–H and O–H groups in total. The van der Waals surface area contributed by atoms with Gasteiger partial charge in [0.25, 0.3) is 5.91 Å². The smallest absolute Gasteiger partial charge is 0.274 e. The Bertz CT molecular complexity index is 744. The van der Waals surface area contributed by atoms with Gasteiger partial charge in [0.15, 0.2) is 0 Å². The van der Waals surface area contributed by atoms with Crippen LogP contribution in [0.4, 0.5) is 4.39 Å². The van der Waals surface area contributed by atoms with Gasteiger partial charge in [-0.2, -0.15) is 5.10 Å². The van der Waals surface area contributed by atoms with Crippen molar-refractivity contribution >= 4 is 17.5 Å². The van der Waals surface area contributed by atoms with Crippen LogP contribution in [0.3, 0.4) is 0 Å². The molecular formula is C17H20ClFN4O2. The molecule has 0 saturated carbocycles. The normalized spacial score (nSPS) is 15.6. The van der Waals surface area contributed by atoms with E-state index in [1.807, 2.05) is 0 Å². The molecular weight excluding hydrogens is 347 g/mol. The quantitative estimate of drug-likeness (QED) is 0.814. The number of benzene rings is 1. The summed E-state index contributed by atoms with van der Waals surface area (Å²) in [5.74, 6) is -0.411. The molecule has 1 amide bonds. The maximum atomic E-state index is 13.1. The molecule has 0 aliphatic carbocycles. The Kier molecular flexibility index (Phi) is 5.67.